The van der Waals surface area contributed by atoms with Crippen LogP contribution in [0.5, 0.6) is 5.75 Å². The van der Waals surface area contributed by atoms with E-state index in [0.29, 0.717) is 24.3 Å². The Hall–Kier alpha value is -1.09. The fourth-order valence-corrected chi connectivity index (χ4v) is 1.67. The lowest BCUT2D eigenvalue weighted by atomic mass is 10.1. The van der Waals surface area contributed by atoms with E-state index >= 15 is 0 Å². The van der Waals surface area contributed by atoms with Crippen LogP contribution in [0.25, 0.3) is 0 Å². The number of nitrogens with one attached hydrogen (secondary N) is 1. The van der Waals surface area contributed by atoms with Gasteiger partial charge >= 0.3 is 0 Å². The van der Waals surface area contributed by atoms with Gasteiger partial charge in [-0.2, -0.15) is 0 Å². The van der Waals surface area contributed by atoms with Crippen molar-refractivity contribution in [2.75, 3.05) is 6.61 Å². The average molecular weight is 251 g/mol. The quantitative estimate of drug-likeness (QED) is 0.800. The third kappa shape index (κ3) is 3.98. The molecule has 0 heterocycles. The molecule has 0 amide bonds. The smallest absolute Gasteiger partial charge is 0.165 e. The molecule has 3 heteroatoms. The molecule has 1 aliphatic rings. The molecule has 0 aromatic heterocycles. The van der Waals surface area contributed by atoms with Gasteiger partial charge < -0.3 is 10.1 Å². The first-order chi connectivity index (χ1) is 8.69. The average Bonchev–Trinajstić information content (AvgIpc) is 3.18. The molecule has 1 fully saturated rings. The zero-order chi connectivity index (χ0) is 13.0. The minimum Gasteiger partial charge on any atom is -0.490 e. The van der Waals surface area contributed by atoms with Gasteiger partial charge in [-0.3, -0.25) is 0 Å². The van der Waals surface area contributed by atoms with Crippen LogP contribution in [0.4, 0.5) is 4.39 Å². The van der Waals surface area contributed by atoms with Crippen molar-refractivity contribution >= 4 is 0 Å². The van der Waals surface area contributed by atoms with Crippen molar-refractivity contribution in [2.24, 2.45) is 5.92 Å². The third-order valence-electron chi connectivity index (χ3n) is 3.39. The van der Waals surface area contributed by atoms with Crippen LogP contribution in [-0.4, -0.2) is 12.6 Å². The van der Waals surface area contributed by atoms with Crippen LogP contribution in [0.15, 0.2) is 18.2 Å². The summed E-state index contributed by atoms with van der Waals surface area (Å²) in [6.07, 6.45) is 3.54. The highest BCUT2D eigenvalue weighted by Gasteiger charge is 2.20. The van der Waals surface area contributed by atoms with Crippen molar-refractivity contribution in [1.82, 2.24) is 5.32 Å². The maximum atomic E-state index is 13.8. The van der Waals surface area contributed by atoms with Crippen molar-refractivity contribution in [1.29, 1.82) is 0 Å². The molecule has 2 rings (SSSR count). The number of hydrogen-bond acceptors (Lipinski definition) is 2. The summed E-state index contributed by atoms with van der Waals surface area (Å²) in [5.74, 6) is 0.569. The van der Waals surface area contributed by atoms with Crippen LogP contribution in [-0.2, 0) is 6.54 Å². The maximum Gasteiger partial charge on any atom is 0.165 e. The summed E-state index contributed by atoms with van der Waals surface area (Å²) in [6, 6.07) is 5.89. The highest BCUT2D eigenvalue weighted by atomic mass is 19.1. The molecule has 100 valence electrons. The Balaban J connectivity index is 1.87. The minimum absolute atomic E-state index is 0.256. The van der Waals surface area contributed by atoms with E-state index in [-0.39, 0.29) is 5.82 Å². The summed E-state index contributed by atoms with van der Waals surface area (Å²) in [5.41, 5.74) is 0.982. The summed E-state index contributed by atoms with van der Waals surface area (Å²) in [5, 5.41) is 3.37. The van der Waals surface area contributed by atoms with Gasteiger partial charge in [0.15, 0.2) is 11.6 Å². The Labute approximate surface area is 109 Å². The van der Waals surface area contributed by atoms with Gasteiger partial charge in [0.1, 0.15) is 0 Å². The summed E-state index contributed by atoms with van der Waals surface area (Å²) < 4.78 is 19.3. The van der Waals surface area contributed by atoms with Crippen LogP contribution in [0.3, 0.4) is 0 Å². The Kier molecular flexibility index (Phi) is 4.59. The molecular formula is C15H22FNO. The second-order valence-corrected chi connectivity index (χ2v) is 5.24. The summed E-state index contributed by atoms with van der Waals surface area (Å²) in [4.78, 5) is 0. The van der Waals surface area contributed by atoms with Crippen molar-refractivity contribution in [2.45, 2.75) is 45.7 Å². The lowest BCUT2D eigenvalue weighted by molar-refractivity contribution is 0.246. The standard InChI is InChI=1S/C15H22FNO/c1-3-11(2)10-18-15-7-4-12(8-14(15)16)9-17-13-5-6-13/h4,7-8,11,13,17H,3,5-6,9-10H2,1-2H3. The van der Waals surface area contributed by atoms with E-state index in [9.17, 15) is 4.39 Å². The summed E-state index contributed by atoms with van der Waals surface area (Å²) in [7, 11) is 0. The van der Waals surface area contributed by atoms with E-state index in [1.54, 1.807) is 12.1 Å². The molecule has 0 aliphatic heterocycles. The van der Waals surface area contributed by atoms with Gasteiger partial charge in [-0.15, -0.1) is 0 Å². The number of halogens is 1. The SMILES string of the molecule is CCC(C)COc1ccc(CNC2CC2)cc1F. The zero-order valence-electron chi connectivity index (χ0n) is 11.2. The molecule has 1 saturated carbocycles. The van der Waals surface area contributed by atoms with Gasteiger partial charge in [0.05, 0.1) is 6.61 Å². The molecule has 1 aliphatic carbocycles. The molecular weight excluding hydrogens is 229 g/mol. The predicted molar refractivity (Wildman–Crippen MR) is 71.2 cm³/mol. The Morgan fingerprint density at radius 1 is 1.44 bits per heavy atom. The summed E-state index contributed by atoms with van der Waals surface area (Å²) in [6.45, 7) is 5.53. The van der Waals surface area contributed by atoms with Crippen LogP contribution in [0, 0.1) is 11.7 Å². The van der Waals surface area contributed by atoms with Crippen LogP contribution < -0.4 is 10.1 Å². The van der Waals surface area contributed by atoms with E-state index in [1.165, 1.54) is 12.8 Å². The van der Waals surface area contributed by atoms with Crippen LogP contribution in [0.1, 0.15) is 38.7 Å². The van der Waals surface area contributed by atoms with Gasteiger partial charge in [0.2, 0.25) is 0 Å². The first kappa shape index (κ1) is 13.3. The van der Waals surface area contributed by atoms with E-state index in [1.807, 2.05) is 6.07 Å². The first-order valence-electron chi connectivity index (χ1n) is 6.83. The predicted octanol–water partition coefficient (Wildman–Crippen LogP) is 3.50. The Morgan fingerprint density at radius 3 is 2.83 bits per heavy atom. The molecule has 0 saturated heterocycles. The minimum atomic E-state index is -0.256. The zero-order valence-corrected chi connectivity index (χ0v) is 11.2. The molecule has 1 aromatic carbocycles. The number of benzene rings is 1. The van der Waals surface area contributed by atoms with Gasteiger partial charge in [-0.25, -0.2) is 4.39 Å². The van der Waals surface area contributed by atoms with Crippen molar-refractivity contribution in [3.63, 3.8) is 0 Å². The second kappa shape index (κ2) is 6.19. The second-order valence-electron chi connectivity index (χ2n) is 5.24. The highest BCUT2D eigenvalue weighted by molar-refractivity contribution is 5.29. The van der Waals surface area contributed by atoms with Crippen molar-refractivity contribution in [3.05, 3.63) is 29.6 Å². The topological polar surface area (TPSA) is 21.3 Å². The molecule has 0 radical (unpaired) electrons. The van der Waals surface area contributed by atoms with Crippen LogP contribution in [0.2, 0.25) is 0 Å². The normalized spacial score (nSPS) is 16.6. The van der Waals surface area contributed by atoms with E-state index < -0.39 is 0 Å². The van der Waals surface area contributed by atoms with Crippen molar-refractivity contribution < 1.29 is 9.13 Å². The number of rotatable bonds is 7. The monoisotopic (exact) mass is 251 g/mol. The fraction of sp³-hybridized carbons (Fsp3) is 0.600. The Morgan fingerprint density at radius 2 is 2.22 bits per heavy atom. The van der Waals surface area contributed by atoms with Gasteiger partial charge in [0, 0.05) is 12.6 Å². The Bertz CT molecular complexity index is 390. The van der Waals surface area contributed by atoms with Gasteiger partial charge in [0.25, 0.3) is 0 Å². The van der Waals surface area contributed by atoms with Gasteiger partial charge in [-0.05, 0) is 36.5 Å². The highest BCUT2D eigenvalue weighted by Crippen LogP contribution is 2.22. The number of hydrogen-bond donors (Lipinski definition) is 1. The molecule has 2 nitrogen and oxygen atoms in total. The molecule has 1 N–H and O–H groups in total. The van der Waals surface area contributed by atoms with E-state index in [4.69, 9.17) is 4.74 Å². The molecule has 1 atom stereocenters. The maximum absolute atomic E-state index is 13.8. The third-order valence-corrected chi connectivity index (χ3v) is 3.39. The molecule has 1 unspecified atom stereocenters. The fourth-order valence-electron chi connectivity index (χ4n) is 1.67. The molecule has 18 heavy (non-hydrogen) atoms. The van der Waals surface area contributed by atoms with Gasteiger partial charge in [-0.1, -0.05) is 26.3 Å². The number of ether oxygens (including phenoxy) is 1. The first-order valence-corrected chi connectivity index (χ1v) is 6.83. The van der Waals surface area contributed by atoms with E-state index in [2.05, 4.69) is 19.2 Å². The lowest BCUT2D eigenvalue weighted by Crippen LogP contribution is -2.15. The lowest BCUT2D eigenvalue weighted by Gasteiger charge is -2.12. The largest absolute Gasteiger partial charge is 0.490 e. The molecule has 1 aromatic rings. The molecule has 0 bridgehead atoms. The summed E-state index contributed by atoms with van der Waals surface area (Å²) >= 11 is 0. The van der Waals surface area contributed by atoms with Crippen LogP contribution >= 0.6 is 0 Å². The molecule has 0 spiro atoms. The van der Waals surface area contributed by atoms with Crippen molar-refractivity contribution in [3.8, 4) is 5.75 Å². The van der Waals surface area contributed by atoms with E-state index in [0.717, 1.165) is 18.5 Å².